The van der Waals surface area contributed by atoms with Crippen molar-refractivity contribution in [2.24, 2.45) is 0 Å². The number of hydrogen-bond donors (Lipinski definition) is 2. The van der Waals surface area contributed by atoms with Gasteiger partial charge in [0.1, 0.15) is 6.61 Å². The third-order valence-corrected chi connectivity index (χ3v) is 4.87. The molecule has 0 aliphatic heterocycles. The molecule has 0 saturated carbocycles. The second kappa shape index (κ2) is 9.78. The Labute approximate surface area is 162 Å². The van der Waals surface area contributed by atoms with E-state index in [-0.39, 0.29) is 11.3 Å². The molecule has 0 bridgehead atoms. The highest BCUT2D eigenvalue weighted by Crippen LogP contribution is 2.13. The molecule has 140 valence electrons. The van der Waals surface area contributed by atoms with Gasteiger partial charge < -0.3 is 10.1 Å². The van der Waals surface area contributed by atoms with Crippen LogP contribution in [0.2, 0.25) is 0 Å². The lowest BCUT2D eigenvalue weighted by Crippen LogP contribution is -2.16. The Hall–Kier alpha value is -2.80. The molecular weight excluding hydrogens is 360 g/mol. The van der Waals surface area contributed by atoms with Crippen molar-refractivity contribution in [3.8, 4) is 5.75 Å². The molecule has 0 aliphatic rings. The Kier molecular flexibility index (Phi) is 6.87. The minimum atomic E-state index is -0.291. The second-order valence-corrected chi connectivity index (χ2v) is 7.05. The minimum Gasteiger partial charge on any atom is -0.482 e. The SMILES string of the molecule is Cc1cccnc1CSCCNc1ncc(OCc2ccccc2)c(=O)[nH]1. The van der Waals surface area contributed by atoms with Crippen LogP contribution in [0.1, 0.15) is 16.8 Å². The van der Waals surface area contributed by atoms with E-state index in [4.69, 9.17) is 4.74 Å². The van der Waals surface area contributed by atoms with Crippen molar-refractivity contribution < 1.29 is 4.74 Å². The first-order valence-electron chi connectivity index (χ1n) is 8.70. The molecule has 0 aliphatic carbocycles. The van der Waals surface area contributed by atoms with E-state index in [9.17, 15) is 4.79 Å². The number of nitrogens with zero attached hydrogens (tertiary/aromatic N) is 2. The first kappa shape index (κ1) is 19.0. The highest BCUT2D eigenvalue weighted by Gasteiger charge is 2.04. The summed E-state index contributed by atoms with van der Waals surface area (Å²) in [6.45, 7) is 3.10. The number of aromatic amines is 1. The van der Waals surface area contributed by atoms with Gasteiger partial charge in [-0.1, -0.05) is 36.4 Å². The van der Waals surface area contributed by atoms with E-state index < -0.39 is 0 Å². The van der Waals surface area contributed by atoms with Crippen LogP contribution in [0.4, 0.5) is 5.95 Å². The Morgan fingerprint density at radius 1 is 1.15 bits per heavy atom. The number of aryl methyl sites for hydroxylation is 1. The summed E-state index contributed by atoms with van der Waals surface area (Å²) in [4.78, 5) is 23.4. The van der Waals surface area contributed by atoms with E-state index >= 15 is 0 Å². The molecule has 0 unspecified atom stereocenters. The van der Waals surface area contributed by atoms with Gasteiger partial charge in [0, 0.05) is 24.2 Å². The molecule has 0 amide bonds. The fourth-order valence-electron chi connectivity index (χ4n) is 2.39. The van der Waals surface area contributed by atoms with Crippen molar-refractivity contribution in [3.05, 3.63) is 82.0 Å². The van der Waals surface area contributed by atoms with Crippen LogP contribution in [0.15, 0.2) is 59.7 Å². The van der Waals surface area contributed by atoms with Crippen molar-refractivity contribution in [1.29, 1.82) is 0 Å². The fraction of sp³-hybridized carbons (Fsp3) is 0.250. The zero-order chi connectivity index (χ0) is 18.9. The zero-order valence-electron chi connectivity index (χ0n) is 15.1. The van der Waals surface area contributed by atoms with Gasteiger partial charge in [-0.2, -0.15) is 11.8 Å². The summed E-state index contributed by atoms with van der Waals surface area (Å²) in [7, 11) is 0. The van der Waals surface area contributed by atoms with Crippen LogP contribution in [-0.4, -0.2) is 27.2 Å². The molecule has 0 radical (unpaired) electrons. The molecule has 6 nitrogen and oxygen atoms in total. The number of pyridine rings is 1. The topological polar surface area (TPSA) is 79.9 Å². The van der Waals surface area contributed by atoms with Crippen molar-refractivity contribution in [2.45, 2.75) is 19.3 Å². The molecule has 2 N–H and O–H groups in total. The van der Waals surface area contributed by atoms with Gasteiger partial charge in [0.2, 0.25) is 11.7 Å². The summed E-state index contributed by atoms with van der Waals surface area (Å²) >= 11 is 1.78. The number of hydrogen-bond acceptors (Lipinski definition) is 6. The number of anilines is 1. The second-order valence-electron chi connectivity index (χ2n) is 5.95. The smallest absolute Gasteiger partial charge is 0.294 e. The van der Waals surface area contributed by atoms with Crippen LogP contribution in [0, 0.1) is 6.92 Å². The lowest BCUT2D eigenvalue weighted by molar-refractivity contribution is 0.300. The number of ether oxygens (including phenoxy) is 1. The van der Waals surface area contributed by atoms with Crippen molar-refractivity contribution in [2.75, 3.05) is 17.6 Å². The number of benzene rings is 1. The van der Waals surface area contributed by atoms with E-state index in [2.05, 4.69) is 33.3 Å². The average molecular weight is 382 g/mol. The van der Waals surface area contributed by atoms with Gasteiger partial charge in [0.05, 0.1) is 11.9 Å². The average Bonchev–Trinajstić information content (AvgIpc) is 2.69. The molecule has 0 fully saturated rings. The van der Waals surface area contributed by atoms with Gasteiger partial charge in [0.15, 0.2) is 0 Å². The number of rotatable bonds is 9. The van der Waals surface area contributed by atoms with Gasteiger partial charge in [-0.25, -0.2) is 4.98 Å². The highest BCUT2D eigenvalue weighted by atomic mass is 32.2. The summed E-state index contributed by atoms with van der Waals surface area (Å²) < 4.78 is 5.54. The van der Waals surface area contributed by atoms with Gasteiger partial charge in [-0.15, -0.1) is 0 Å². The maximum Gasteiger partial charge on any atom is 0.294 e. The Morgan fingerprint density at radius 3 is 2.78 bits per heavy atom. The predicted molar refractivity (Wildman–Crippen MR) is 109 cm³/mol. The van der Waals surface area contributed by atoms with E-state index in [0.29, 0.717) is 19.1 Å². The molecule has 0 spiro atoms. The van der Waals surface area contributed by atoms with Crippen molar-refractivity contribution >= 4 is 17.7 Å². The number of nitrogens with one attached hydrogen (secondary N) is 2. The molecule has 7 heteroatoms. The number of thioether (sulfide) groups is 1. The Morgan fingerprint density at radius 2 is 2.00 bits per heavy atom. The highest BCUT2D eigenvalue weighted by molar-refractivity contribution is 7.98. The van der Waals surface area contributed by atoms with Crippen LogP contribution in [-0.2, 0) is 12.4 Å². The first-order valence-corrected chi connectivity index (χ1v) is 9.86. The van der Waals surface area contributed by atoms with E-state index in [1.807, 2.05) is 42.6 Å². The summed E-state index contributed by atoms with van der Waals surface area (Å²) in [5, 5.41) is 3.12. The maximum atomic E-state index is 12.1. The van der Waals surface area contributed by atoms with Crippen LogP contribution in [0.3, 0.4) is 0 Å². The third kappa shape index (κ3) is 5.86. The standard InChI is InChI=1S/C20H22N4O2S/c1-15-6-5-9-21-17(15)14-27-11-10-22-20-23-12-18(19(25)24-20)26-13-16-7-3-2-4-8-16/h2-9,12H,10-11,13-14H2,1H3,(H2,22,23,24,25). The molecule has 0 atom stereocenters. The summed E-state index contributed by atoms with van der Waals surface area (Å²) in [5.41, 5.74) is 3.02. The molecule has 1 aromatic carbocycles. The van der Waals surface area contributed by atoms with Crippen LogP contribution < -0.4 is 15.6 Å². The van der Waals surface area contributed by atoms with Gasteiger partial charge in [-0.3, -0.25) is 14.8 Å². The first-order chi connectivity index (χ1) is 13.2. The molecule has 0 saturated heterocycles. The molecule has 27 heavy (non-hydrogen) atoms. The molecular formula is C20H22N4O2S. The minimum absolute atomic E-state index is 0.212. The van der Waals surface area contributed by atoms with Crippen molar-refractivity contribution in [1.82, 2.24) is 15.0 Å². The molecule has 3 rings (SSSR count). The van der Waals surface area contributed by atoms with E-state index in [1.54, 1.807) is 11.8 Å². The van der Waals surface area contributed by atoms with Gasteiger partial charge in [0.25, 0.3) is 5.56 Å². The van der Waals surface area contributed by atoms with Crippen LogP contribution >= 0.6 is 11.8 Å². The summed E-state index contributed by atoms with van der Waals surface area (Å²) in [6.07, 6.45) is 3.27. The van der Waals surface area contributed by atoms with Crippen molar-refractivity contribution in [3.63, 3.8) is 0 Å². The van der Waals surface area contributed by atoms with E-state index in [0.717, 1.165) is 22.8 Å². The number of H-pyrrole nitrogens is 1. The zero-order valence-corrected chi connectivity index (χ0v) is 16.0. The lowest BCUT2D eigenvalue weighted by Gasteiger charge is -2.08. The van der Waals surface area contributed by atoms with Gasteiger partial charge in [-0.05, 0) is 24.1 Å². The molecule has 2 heterocycles. The molecule has 3 aromatic rings. The number of aromatic nitrogens is 3. The van der Waals surface area contributed by atoms with E-state index in [1.165, 1.54) is 11.8 Å². The van der Waals surface area contributed by atoms with Crippen LogP contribution in [0.5, 0.6) is 5.75 Å². The Balaban J connectivity index is 1.42. The quantitative estimate of drug-likeness (QED) is 0.552. The third-order valence-electron chi connectivity index (χ3n) is 3.90. The molecule has 2 aromatic heterocycles. The predicted octanol–water partition coefficient (Wildman–Crippen LogP) is 3.40. The monoisotopic (exact) mass is 382 g/mol. The summed E-state index contributed by atoms with van der Waals surface area (Å²) in [6, 6.07) is 13.7. The maximum absolute atomic E-state index is 12.1. The fourth-order valence-corrected chi connectivity index (χ4v) is 3.28. The van der Waals surface area contributed by atoms with Crippen LogP contribution in [0.25, 0.3) is 0 Å². The Bertz CT molecular complexity index is 915. The lowest BCUT2D eigenvalue weighted by atomic mass is 10.2. The summed E-state index contributed by atoms with van der Waals surface area (Å²) in [5.74, 6) is 2.40. The largest absolute Gasteiger partial charge is 0.482 e. The van der Waals surface area contributed by atoms with Gasteiger partial charge >= 0.3 is 0 Å². The normalized spacial score (nSPS) is 10.6.